The third kappa shape index (κ3) is 5.00. The molecule has 1 fully saturated rings. The van der Waals surface area contributed by atoms with Crippen LogP contribution in [0.15, 0.2) is 24.3 Å². The van der Waals surface area contributed by atoms with Gasteiger partial charge >= 0.3 is 12.0 Å². The molecule has 4 amide bonds. The number of hydrogen-bond acceptors (Lipinski definition) is 5. The van der Waals surface area contributed by atoms with E-state index in [-0.39, 0.29) is 37.5 Å². The van der Waals surface area contributed by atoms with Crippen molar-refractivity contribution in [1.82, 2.24) is 10.2 Å². The summed E-state index contributed by atoms with van der Waals surface area (Å²) in [4.78, 5) is 47.4. The molecule has 0 saturated carbocycles. The van der Waals surface area contributed by atoms with Crippen molar-refractivity contribution in [2.45, 2.75) is 25.9 Å². The van der Waals surface area contributed by atoms with Gasteiger partial charge in [0.25, 0.3) is 5.91 Å². The SMILES string of the molecule is C[C@@H](OC(=O)CCCN1C(=O)CNC1=O)C(=O)Nc1ccccc1F. The number of imide groups is 1. The average molecular weight is 351 g/mol. The number of rotatable bonds is 7. The third-order valence-corrected chi connectivity index (χ3v) is 3.51. The monoisotopic (exact) mass is 351 g/mol. The second kappa shape index (κ2) is 8.22. The molecule has 134 valence electrons. The molecule has 1 atom stereocenters. The molecule has 1 aliphatic rings. The Hall–Kier alpha value is -2.97. The van der Waals surface area contributed by atoms with Gasteiger partial charge in [-0.05, 0) is 25.5 Å². The van der Waals surface area contributed by atoms with Gasteiger partial charge < -0.3 is 15.4 Å². The van der Waals surface area contributed by atoms with Crippen molar-refractivity contribution in [2.75, 3.05) is 18.4 Å². The maximum Gasteiger partial charge on any atom is 0.324 e. The zero-order chi connectivity index (χ0) is 18.4. The van der Waals surface area contributed by atoms with Crippen molar-refractivity contribution in [3.8, 4) is 0 Å². The highest BCUT2D eigenvalue weighted by atomic mass is 19.1. The Kier molecular flexibility index (Phi) is 6.04. The molecule has 0 aliphatic carbocycles. The number of amides is 4. The van der Waals surface area contributed by atoms with Crippen molar-refractivity contribution in [1.29, 1.82) is 0 Å². The molecular formula is C16H18FN3O5. The largest absolute Gasteiger partial charge is 0.453 e. The number of hydrogen-bond donors (Lipinski definition) is 2. The molecule has 0 spiro atoms. The van der Waals surface area contributed by atoms with Crippen molar-refractivity contribution >= 4 is 29.5 Å². The molecule has 1 aromatic rings. The number of benzene rings is 1. The number of para-hydroxylation sites is 1. The number of esters is 1. The molecule has 1 heterocycles. The topological polar surface area (TPSA) is 105 Å². The Labute approximate surface area is 143 Å². The zero-order valence-electron chi connectivity index (χ0n) is 13.6. The maximum atomic E-state index is 13.5. The van der Waals surface area contributed by atoms with Crippen LogP contribution < -0.4 is 10.6 Å². The summed E-state index contributed by atoms with van der Waals surface area (Å²) in [6, 6.07) is 5.14. The van der Waals surface area contributed by atoms with E-state index in [4.69, 9.17) is 4.74 Å². The van der Waals surface area contributed by atoms with E-state index in [9.17, 15) is 23.6 Å². The lowest BCUT2D eigenvalue weighted by molar-refractivity contribution is -0.153. The van der Waals surface area contributed by atoms with Gasteiger partial charge in [-0.25, -0.2) is 9.18 Å². The summed E-state index contributed by atoms with van der Waals surface area (Å²) >= 11 is 0. The third-order valence-electron chi connectivity index (χ3n) is 3.51. The van der Waals surface area contributed by atoms with Gasteiger partial charge in [0.1, 0.15) is 5.82 Å². The molecule has 1 saturated heterocycles. The molecule has 1 aliphatic heterocycles. The summed E-state index contributed by atoms with van der Waals surface area (Å²) in [6.07, 6.45) is -0.947. The minimum Gasteiger partial charge on any atom is -0.453 e. The van der Waals surface area contributed by atoms with E-state index in [0.717, 1.165) is 4.90 Å². The Morgan fingerprint density at radius 2 is 2.08 bits per heavy atom. The average Bonchev–Trinajstić information content (AvgIpc) is 2.88. The van der Waals surface area contributed by atoms with Gasteiger partial charge in [0.15, 0.2) is 6.10 Å². The Balaban J connectivity index is 1.74. The fourth-order valence-electron chi connectivity index (χ4n) is 2.17. The minimum atomic E-state index is -1.11. The first-order valence-electron chi connectivity index (χ1n) is 7.71. The summed E-state index contributed by atoms with van der Waals surface area (Å²) < 4.78 is 18.4. The standard InChI is InChI=1S/C16H18FN3O5/c1-10(15(23)19-12-6-3-2-5-11(12)17)25-14(22)7-4-8-20-13(21)9-18-16(20)24/h2-3,5-6,10H,4,7-9H2,1H3,(H,18,24)(H,19,23)/t10-/m1/s1. The Morgan fingerprint density at radius 3 is 2.72 bits per heavy atom. The summed E-state index contributed by atoms with van der Waals surface area (Å²) in [6.45, 7) is 1.41. The fraction of sp³-hybridized carbons (Fsp3) is 0.375. The molecule has 2 N–H and O–H groups in total. The van der Waals surface area contributed by atoms with E-state index in [1.807, 2.05) is 0 Å². The zero-order valence-corrected chi connectivity index (χ0v) is 13.6. The summed E-state index contributed by atoms with van der Waals surface area (Å²) in [5.74, 6) is -2.25. The van der Waals surface area contributed by atoms with Gasteiger partial charge in [-0.2, -0.15) is 0 Å². The molecule has 2 rings (SSSR count). The molecular weight excluding hydrogens is 333 g/mol. The van der Waals surface area contributed by atoms with Crippen LogP contribution in [0.3, 0.4) is 0 Å². The highest BCUT2D eigenvalue weighted by Gasteiger charge is 2.28. The first kappa shape index (κ1) is 18.4. The molecule has 0 bridgehead atoms. The molecule has 8 nitrogen and oxygen atoms in total. The number of nitrogens with zero attached hydrogens (tertiary/aromatic N) is 1. The summed E-state index contributed by atoms with van der Waals surface area (Å²) in [7, 11) is 0. The van der Waals surface area contributed by atoms with E-state index in [1.54, 1.807) is 6.07 Å². The highest BCUT2D eigenvalue weighted by Crippen LogP contribution is 2.13. The lowest BCUT2D eigenvalue weighted by Gasteiger charge is -2.15. The van der Waals surface area contributed by atoms with Crippen LogP contribution in [-0.2, 0) is 19.1 Å². The maximum absolute atomic E-state index is 13.5. The van der Waals surface area contributed by atoms with Crippen LogP contribution in [0, 0.1) is 5.82 Å². The molecule has 9 heteroatoms. The molecule has 25 heavy (non-hydrogen) atoms. The predicted molar refractivity (Wildman–Crippen MR) is 84.9 cm³/mol. The normalized spacial score (nSPS) is 14.9. The van der Waals surface area contributed by atoms with Gasteiger partial charge in [-0.1, -0.05) is 12.1 Å². The van der Waals surface area contributed by atoms with Crippen LogP contribution in [0.5, 0.6) is 0 Å². The quantitative estimate of drug-likeness (QED) is 0.564. The summed E-state index contributed by atoms with van der Waals surface area (Å²) in [5, 5.41) is 4.70. The fourth-order valence-corrected chi connectivity index (χ4v) is 2.17. The van der Waals surface area contributed by atoms with E-state index < -0.39 is 29.8 Å². The van der Waals surface area contributed by atoms with Crippen molar-refractivity contribution < 1.29 is 28.3 Å². The van der Waals surface area contributed by atoms with Gasteiger partial charge in [-0.15, -0.1) is 0 Å². The van der Waals surface area contributed by atoms with Crippen LogP contribution in [0.2, 0.25) is 0 Å². The molecule has 1 aromatic carbocycles. The Morgan fingerprint density at radius 1 is 1.36 bits per heavy atom. The molecule has 0 aromatic heterocycles. The molecule has 0 radical (unpaired) electrons. The van der Waals surface area contributed by atoms with Gasteiger partial charge in [0.2, 0.25) is 5.91 Å². The first-order chi connectivity index (χ1) is 11.9. The predicted octanol–water partition coefficient (Wildman–Crippen LogP) is 1.03. The number of ether oxygens (including phenoxy) is 1. The van der Waals surface area contributed by atoms with Crippen molar-refractivity contribution in [2.24, 2.45) is 0 Å². The number of anilines is 1. The minimum absolute atomic E-state index is 0.00560. The van der Waals surface area contributed by atoms with Crippen molar-refractivity contribution in [3.05, 3.63) is 30.1 Å². The van der Waals surface area contributed by atoms with E-state index in [1.165, 1.54) is 25.1 Å². The van der Waals surface area contributed by atoms with Gasteiger partial charge in [0, 0.05) is 13.0 Å². The second-order valence-electron chi connectivity index (χ2n) is 5.41. The number of halogens is 1. The van der Waals surface area contributed by atoms with Crippen LogP contribution in [-0.4, -0.2) is 47.9 Å². The highest BCUT2D eigenvalue weighted by molar-refractivity contribution is 6.01. The second-order valence-corrected chi connectivity index (χ2v) is 5.41. The molecule has 0 unspecified atom stereocenters. The lowest BCUT2D eigenvalue weighted by Crippen LogP contribution is -2.33. The number of nitrogens with one attached hydrogen (secondary N) is 2. The Bertz CT molecular complexity index is 678. The van der Waals surface area contributed by atoms with Crippen molar-refractivity contribution in [3.63, 3.8) is 0 Å². The van der Waals surface area contributed by atoms with Crippen LogP contribution in [0.4, 0.5) is 14.9 Å². The van der Waals surface area contributed by atoms with Crippen LogP contribution in [0.1, 0.15) is 19.8 Å². The first-order valence-corrected chi connectivity index (χ1v) is 7.71. The van der Waals surface area contributed by atoms with Gasteiger partial charge in [-0.3, -0.25) is 19.3 Å². The number of carbonyl (C=O) groups excluding carboxylic acids is 4. The van der Waals surface area contributed by atoms with Crippen LogP contribution >= 0.6 is 0 Å². The van der Waals surface area contributed by atoms with E-state index >= 15 is 0 Å². The number of carbonyl (C=O) groups is 4. The lowest BCUT2D eigenvalue weighted by atomic mass is 10.2. The van der Waals surface area contributed by atoms with E-state index in [2.05, 4.69) is 10.6 Å². The smallest absolute Gasteiger partial charge is 0.324 e. The number of urea groups is 1. The van der Waals surface area contributed by atoms with E-state index in [0.29, 0.717) is 0 Å². The van der Waals surface area contributed by atoms with Gasteiger partial charge in [0.05, 0.1) is 12.2 Å². The summed E-state index contributed by atoms with van der Waals surface area (Å²) in [5.41, 5.74) is -0.00560. The van der Waals surface area contributed by atoms with Crippen LogP contribution in [0.25, 0.3) is 0 Å².